The molecule has 1 aromatic carbocycles. The fourth-order valence-corrected chi connectivity index (χ4v) is 2.47. The summed E-state index contributed by atoms with van der Waals surface area (Å²) in [5, 5.41) is 0. The Balaban J connectivity index is 2.95. The standard InChI is InChI=1S/C10H14BrNS/c1-7(6-12)8-3-4-10(13-2)9(11)5-8/h3-5,7H,6,12H2,1-2H3. The van der Waals surface area contributed by atoms with Crippen molar-refractivity contribution in [2.24, 2.45) is 5.73 Å². The van der Waals surface area contributed by atoms with Crippen molar-refractivity contribution in [3.05, 3.63) is 28.2 Å². The molecule has 2 N–H and O–H groups in total. The van der Waals surface area contributed by atoms with Crippen LogP contribution in [0, 0.1) is 0 Å². The third-order valence-electron chi connectivity index (χ3n) is 2.10. The number of hydrogen-bond acceptors (Lipinski definition) is 2. The monoisotopic (exact) mass is 259 g/mol. The van der Waals surface area contributed by atoms with Crippen molar-refractivity contribution in [1.29, 1.82) is 0 Å². The van der Waals surface area contributed by atoms with Crippen molar-refractivity contribution in [3.63, 3.8) is 0 Å². The zero-order valence-electron chi connectivity index (χ0n) is 7.88. The maximum Gasteiger partial charge on any atom is 0.0313 e. The second-order valence-electron chi connectivity index (χ2n) is 3.03. The Kier molecular flexibility index (Phi) is 4.29. The van der Waals surface area contributed by atoms with Crippen LogP contribution in [0.2, 0.25) is 0 Å². The fourth-order valence-electron chi connectivity index (χ4n) is 1.13. The molecule has 0 aromatic heterocycles. The lowest BCUT2D eigenvalue weighted by Crippen LogP contribution is -2.08. The Morgan fingerprint density at radius 1 is 1.54 bits per heavy atom. The van der Waals surface area contributed by atoms with E-state index >= 15 is 0 Å². The molecule has 1 nitrogen and oxygen atoms in total. The van der Waals surface area contributed by atoms with Gasteiger partial charge in [0.15, 0.2) is 0 Å². The summed E-state index contributed by atoms with van der Waals surface area (Å²) < 4.78 is 1.16. The van der Waals surface area contributed by atoms with Crippen molar-refractivity contribution in [2.45, 2.75) is 17.7 Å². The molecule has 0 aliphatic carbocycles. The van der Waals surface area contributed by atoms with Gasteiger partial charge in [-0.3, -0.25) is 0 Å². The summed E-state index contributed by atoms with van der Waals surface area (Å²) in [4.78, 5) is 1.27. The molecule has 0 saturated carbocycles. The maximum atomic E-state index is 5.60. The molecule has 0 fully saturated rings. The van der Waals surface area contributed by atoms with Crippen LogP contribution in [0.5, 0.6) is 0 Å². The molecule has 1 atom stereocenters. The summed E-state index contributed by atoms with van der Waals surface area (Å²) in [6, 6.07) is 6.44. The quantitative estimate of drug-likeness (QED) is 0.844. The minimum Gasteiger partial charge on any atom is -0.330 e. The van der Waals surface area contributed by atoms with Gasteiger partial charge in [0, 0.05) is 9.37 Å². The number of rotatable bonds is 3. The summed E-state index contributed by atoms with van der Waals surface area (Å²) in [6.07, 6.45) is 2.08. The van der Waals surface area contributed by atoms with Gasteiger partial charge in [-0.1, -0.05) is 13.0 Å². The van der Waals surface area contributed by atoms with Crippen molar-refractivity contribution >= 4 is 27.7 Å². The summed E-state index contributed by atoms with van der Waals surface area (Å²) >= 11 is 5.29. The van der Waals surface area contributed by atoms with E-state index in [9.17, 15) is 0 Å². The molecule has 0 amide bonds. The highest BCUT2D eigenvalue weighted by molar-refractivity contribution is 9.10. The first-order valence-electron chi connectivity index (χ1n) is 4.22. The third kappa shape index (κ3) is 2.73. The molecule has 1 rings (SSSR count). The topological polar surface area (TPSA) is 26.0 Å². The summed E-state index contributed by atoms with van der Waals surface area (Å²) in [5.74, 6) is 0.437. The lowest BCUT2D eigenvalue weighted by atomic mass is 10.0. The Bertz CT molecular complexity index is 288. The number of nitrogens with two attached hydrogens (primary N) is 1. The Morgan fingerprint density at radius 2 is 2.23 bits per heavy atom. The minimum atomic E-state index is 0.437. The van der Waals surface area contributed by atoms with Gasteiger partial charge in [-0.2, -0.15) is 0 Å². The second-order valence-corrected chi connectivity index (χ2v) is 4.73. The number of benzene rings is 1. The van der Waals surface area contributed by atoms with Crippen LogP contribution in [0.15, 0.2) is 27.6 Å². The second kappa shape index (κ2) is 5.03. The molecule has 0 aliphatic rings. The summed E-state index contributed by atoms with van der Waals surface area (Å²) in [6.45, 7) is 2.84. The molecule has 13 heavy (non-hydrogen) atoms. The van der Waals surface area contributed by atoms with E-state index in [2.05, 4.69) is 47.3 Å². The van der Waals surface area contributed by atoms with Crippen LogP contribution in [0.4, 0.5) is 0 Å². The van der Waals surface area contributed by atoms with E-state index in [-0.39, 0.29) is 0 Å². The molecule has 72 valence electrons. The molecular weight excluding hydrogens is 246 g/mol. The van der Waals surface area contributed by atoms with Crippen LogP contribution < -0.4 is 5.73 Å². The van der Waals surface area contributed by atoms with Crippen LogP contribution in [0.1, 0.15) is 18.4 Å². The zero-order valence-corrected chi connectivity index (χ0v) is 10.3. The van der Waals surface area contributed by atoms with E-state index < -0.39 is 0 Å². The SMILES string of the molecule is CSc1ccc(C(C)CN)cc1Br. The molecule has 0 spiro atoms. The van der Waals surface area contributed by atoms with Gasteiger partial charge in [-0.05, 0) is 52.3 Å². The average Bonchev–Trinajstić information content (AvgIpc) is 2.16. The molecule has 3 heteroatoms. The highest BCUT2D eigenvalue weighted by Gasteiger charge is 2.05. The summed E-state index contributed by atoms with van der Waals surface area (Å²) in [5.41, 5.74) is 6.90. The number of hydrogen-bond donors (Lipinski definition) is 1. The highest BCUT2D eigenvalue weighted by atomic mass is 79.9. The van der Waals surface area contributed by atoms with E-state index in [4.69, 9.17) is 5.73 Å². The van der Waals surface area contributed by atoms with Gasteiger partial charge in [0.2, 0.25) is 0 Å². The average molecular weight is 260 g/mol. The van der Waals surface area contributed by atoms with Crippen LogP contribution in [-0.2, 0) is 0 Å². The van der Waals surface area contributed by atoms with Gasteiger partial charge in [0.25, 0.3) is 0 Å². The third-order valence-corrected chi connectivity index (χ3v) is 3.81. The van der Waals surface area contributed by atoms with E-state index in [1.807, 2.05) is 0 Å². The molecule has 0 bridgehead atoms. The Hall–Kier alpha value is 0.01000. The van der Waals surface area contributed by atoms with E-state index in [1.54, 1.807) is 11.8 Å². The largest absolute Gasteiger partial charge is 0.330 e. The minimum absolute atomic E-state index is 0.437. The predicted molar refractivity (Wildman–Crippen MR) is 63.4 cm³/mol. The number of thioether (sulfide) groups is 1. The van der Waals surface area contributed by atoms with Crippen molar-refractivity contribution in [3.8, 4) is 0 Å². The van der Waals surface area contributed by atoms with Gasteiger partial charge < -0.3 is 5.73 Å². The van der Waals surface area contributed by atoms with Crippen molar-refractivity contribution in [1.82, 2.24) is 0 Å². The molecular formula is C10H14BrNS. The smallest absolute Gasteiger partial charge is 0.0313 e. The lowest BCUT2D eigenvalue weighted by Gasteiger charge is -2.10. The predicted octanol–water partition coefficient (Wildman–Crippen LogP) is 3.23. The van der Waals surface area contributed by atoms with Crippen LogP contribution in [-0.4, -0.2) is 12.8 Å². The van der Waals surface area contributed by atoms with Crippen molar-refractivity contribution < 1.29 is 0 Å². The molecule has 0 aliphatic heterocycles. The van der Waals surface area contributed by atoms with Crippen molar-refractivity contribution in [2.75, 3.05) is 12.8 Å². The first kappa shape index (κ1) is 11.1. The van der Waals surface area contributed by atoms with Crippen LogP contribution >= 0.6 is 27.7 Å². The van der Waals surface area contributed by atoms with E-state index in [0.29, 0.717) is 12.5 Å². The molecule has 0 heterocycles. The van der Waals surface area contributed by atoms with E-state index in [0.717, 1.165) is 4.47 Å². The number of halogens is 1. The van der Waals surface area contributed by atoms with Crippen LogP contribution in [0.25, 0.3) is 0 Å². The van der Waals surface area contributed by atoms with Gasteiger partial charge in [0.1, 0.15) is 0 Å². The zero-order chi connectivity index (χ0) is 9.84. The van der Waals surface area contributed by atoms with E-state index in [1.165, 1.54) is 10.5 Å². The first-order valence-corrected chi connectivity index (χ1v) is 6.24. The molecule has 1 unspecified atom stereocenters. The van der Waals surface area contributed by atoms with Gasteiger partial charge in [-0.15, -0.1) is 11.8 Å². The van der Waals surface area contributed by atoms with Crippen LogP contribution in [0.3, 0.4) is 0 Å². The van der Waals surface area contributed by atoms with Gasteiger partial charge in [0.05, 0.1) is 0 Å². The first-order chi connectivity index (χ1) is 6.19. The lowest BCUT2D eigenvalue weighted by molar-refractivity contribution is 0.772. The fraction of sp³-hybridized carbons (Fsp3) is 0.400. The van der Waals surface area contributed by atoms with Gasteiger partial charge in [-0.25, -0.2) is 0 Å². The Labute approximate surface area is 92.2 Å². The summed E-state index contributed by atoms with van der Waals surface area (Å²) in [7, 11) is 0. The maximum absolute atomic E-state index is 5.60. The normalized spacial score (nSPS) is 12.9. The molecule has 0 radical (unpaired) electrons. The molecule has 0 saturated heterocycles. The van der Waals surface area contributed by atoms with Gasteiger partial charge >= 0.3 is 0 Å². The molecule has 1 aromatic rings. The highest BCUT2D eigenvalue weighted by Crippen LogP contribution is 2.28. The Morgan fingerprint density at radius 3 is 2.69 bits per heavy atom.